The molecule has 5 rings (SSSR count). The highest BCUT2D eigenvalue weighted by molar-refractivity contribution is 7.59. The molecule has 0 unspecified atom stereocenters. The van der Waals surface area contributed by atoms with Gasteiger partial charge in [0.1, 0.15) is 11.5 Å². The molecule has 7 nitrogen and oxygen atoms in total. The quantitative estimate of drug-likeness (QED) is 0.279. The Morgan fingerprint density at radius 3 is 2.68 bits per heavy atom. The second-order valence-corrected chi connectivity index (χ2v) is 11.3. The van der Waals surface area contributed by atoms with Crippen LogP contribution in [-0.4, -0.2) is 27.9 Å². The highest BCUT2D eigenvalue weighted by atomic mass is 32.1. The van der Waals surface area contributed by atoms with Gasteiger partial charge < -0.3 is 24.3 Å². The standard InChI is InChI=1S/C25H27N2O5PS/c1-15-6-3-4-8-19(15)26-25-27-20-9-5-7-17(24(20)34-25)16-10-11-21(31-2)18(14-16)22-12-13-23(32-22)33(28,29)30/h5,7,9-15,19H,3-4,6,8H2,1-2H3,(H,26,27)(H2,28,29,30)/t15-,19-/m0/s1. The molecule has 1 saturated carbocycles. The molecule has 2 aromatic carbocycles. The van der Waals surface area contributed by atoms with Crippen LogP contribution in [0.3, 0.4) is 0 Å². The van der Waals surface area contributed by atoms with Gasteiger partial charge >= 0.3 is 7.60 Å². The van der Waals surface area contributed by atoms with E-state index in [4.69, 9.17) is 14.1 Å². The fraction of sp³-hybridized carbons (Fsp3) is 0.320. The number of ether oxygens (including phenoxy) is 1. The van der Waals surface area contributed by atoms with Gasteiger partial charge in [0.15, 0.2) is 5.13 Å². The summed E-state index contributed by atoms with van der Waals surface area (Å²) in [5, 5.41) is 4.61. The Kier molecular flexibility index (Phi) is 6.25. The second kappa shape index (κ2) is 9.19. The Bertz CT molecular complexity index is 1370. The third kappa shape index (κ3) is 4.51. The number of nitrogens with zero attached hydrogens (tertiary/aromatic N) is 1. The van der Waals surface area contributed by atoms with Gasteiger partial charge in [0.25, 0.3) is 0 Å². The van der Waals surface area contributed by atoms with Crippen molar-refractivity contribution in [2.45, 2.75) is 38.6 Å². The zero-order valence-corrected chi connectivity index (χ0v) is 20.7. The topological polar surface area (TPSA) is 105 Å². The molecule has 4 aromatic rings. The largest absolute Gasteiger partial charge is 0.496 e. The molecule has 0 bridgehead atoms. The van der Waals surface area contributed by atoms with Gasteiger partial charge in [0.2, 0.25) is 5.50 Å². The van der Waals surface area contributed by atoms with Gasteiger partial charge in [-0.3, -0.25) is 4.57 Å². The summed E-state index contributed by atoms with van der Waals surface area (Å²) in [4.78, 5) is 23.7. The van der Waals surface area contributed by atoms with Crippen LogP contribution in [0, 0.1) is 5.92 Å². The molecule has 2 atom stereocenters. The van der Waals surface area contributed by atoms with Crippen molar-refractivity contribution in [1.29, 1.82) is 0 Å². The summed E-state index contributed by atoms with van der Waals surface area (Å²) in [5.74, 6) is 1.53. The predicted molar refractivity (Wildman–Crippen MR) is 136 cm³/mol. The molecule has 178 valence electrons. The Labute approximate surface area is 202 Å². The Balaban J connectivity index is 1.53. The van der Waals surface area contributed by atoms with E-state index < -0.39 is 7.60 Å². The highest BCUT2D eigenvalue weighted by Gasteiger charge is 2.24. The molecule has 0 saturated heterocycles. The Hall–Kier alpha value is -2.64. The number of methoxy groups -OCH3 is 1. The van der Waals surface area contributed by atoms with Gasteiger partial charge in [0, 0.05) is 11.6 Å². The minimum atomic E-state index is -4.48. The van der Waals surface area contributed by atoms with E-state index in [2.05, 4.69) is 18.3 Å². The van der Waals surface area contributed by atoms with Crippen molar-refractivity contribution in [2.75, 3.05) is 12.4 Å². The van der Waals surface area contributed by atoms with Gasteiger partial charge in [0.05, 0.1) is 22.9 Å². The zero-order chi connectivity index (χ0) is 23.9. The first-order chi connectivity index (χ1) is 16.3. The Morgan fingerprint density at radius 1 is 1.12 bits per heavy atom. The van der Waals surface area contributed by atoms with Crippen LogP contribution in [0.25, 0.3) is 32.7 Å². The molecule has 9 heteroatoms. The van der Waals surface area contributed by atoms with Crippen molar-refractivity contribution in [2.24, 2.45) is 5.92 Å². The number of aromatic nitrogens is 1. The van der Waals surface area contributed by atoms with Crippen LogP contribution >= 0.6 is 18.9 Å². The number of benzene rings is 2. The van der Waals surface area contributed by atoms with Crippen molar-refractivity contribution < 1.29 is 23.5 Å². The van der Waals surface area contributed by atoms with Crippen molar-refractivity contribution in [1.82, 2.24) is 4.98 Å². The number of anilines is 1. The number of fused-ring (bicyclic) bond motifs is 1. The first-order valence-corrected chi connectivity index (χ1v) is 13.8. The van der Waals surface area contributed by atoms with Crippen LogP contribution in [0.1, 0.15) is 32.6 Å². The molecule has 0 spiro atoms. The lowest BCUT2D eigenvalue weighted by Crippen LogP contribution is -2.30. The van der Waals surface area contributed by atoms with E-state index >= 15 is 0 Å². The third-order valence-electron chi connectivity index (χ3n) is 6.49. The summed E-state index contributed by atoms with van der Waals surface area (Å²) < 4.78 is 23.7. The third-order valence-corrected chi connectivity index (χ3v) is 8.34. The number of thiazole rings is 1. The molecule has 0 amide bonds. The monoisotopic (exact) mass is 498 g/mol. The van der Waals surface area contributed by atoms with E-state index in [-0.39, 0.29) is 5.50 Å². The fourth-order valence-corrected chi connectivity index (χ4v) is 6.17. The number of hydrogen-bond donors (Lipinski definition) is 3. The maximum atomic E-state index is 11.6. The fourth-order valence-electron chi connectivity index (χ4n) is 4.62. The first-order valence-electron chi connectivity index (χ1n) is 11.3. The average molecular weight is 499 g/mol. The van der Waals surface area contributed by atoms with Gasteiger partial charge in [-0.15, -0.1) is 0 Å². The summed E-state index contributed by atoms with van der Waals surface area (Å²) in [5.41, 5.74) is 3.16. The van der Waals surface area contributed by atoms with Crippen LogP contribution in [0.2, 0.25) is 0 Å². The van der Waals surface area contributed by atoms with E-state index in [9.17, 15) is 14.4 Å². The molecular weight excluding hydrogens is 471 g/mol. The first kappa shape index (κ1) is 23.1. The normalized spacial score (nSPS) is 18.8. The number of hydrogen-bond acceptors (Lipinski definition) is 6. The van der Waals surface area contributed by atoms with Crippen LogP contribution in [-0.2, 0) is 4.57 Å². The molecular formula is C25H27N2O5PS. The lowest BCUT2D eigenvalue weighted by Gasteiger charge is -2.29. The maximum Gasteiger partial charge on any atom is 0.391 e. The molecule has 0 radical (unpaired) electrons. The van der Waals surface area contributed by atoms with Crippen molar-refractivity contribution in [3.63, 3.8) is 0 Å². The van der Waals surface area contributed by atoms with Crippen LogP contribution < -0.4 is 15.6 Å². The van der Waals surface area contributed by atoms with Gasteiger partial charge in [-0.1, -0.05) is 49.3 Å². The molecule has 1 aliphatic rings. The molecule has 2 heterocycles. The van der Waals surface area contributed by atoms with Crippen LogP contribution in [0.5, 0.6) is 5.75 Å². The maximum absolute atomic E-state index is 11.6. The van der Waals surface area contributed by atoms with Gasteiger partial charge in [-0.05, 0) is 54.7 Å². The van der Waals surface area contributed by atoms with Crippen molar-refractivity contribution in [3.8, 4) is 28.2 Å². The molecule has 34 heavy (non-hydrogen) atoms. The minimum absolute atomic E-state index is 0.335. The molecule has 3 N–H and O–H groups in total. The summed E-state index contributed by atoms with van der Waals surface area (Å²) in [6, 6.07) is 15.1. The van der Waals surface area contributed by atoms with E-state index in [0.29, 0.717) is 29.0 Å². The smallest absolute Gasteiger partial charge is 0.391 e. The van der Waals surface area contributed by atoms with Crippen molar-refractivity contribution in [3.05, 3.63) is 48.5 Å². The second-order valence-electron chi connectivity index (χ2n) is 8.78. The summed E-state index contributed by atoms with van der Waals surface area (Å²) in [6.07, 6.45) is 4.97. The van der Waals surface area contributed by atoms with Crippen LogP contribution in [0.15, 0.2) is 52.9 Å². The van der Waals surface area contributed by atoms with E-state index in [0.717, 1.165) is 26.5 Å². The number of rotatable bonds is 6. The zero-order valence-electron chi connectivity index (χ0n) is 19.0. The average Bonchev–Trinajstić information content (AvgIpc) is 3.47. The number of furan rings is 1. The highest BCUT2D eigenvalue weighted by Crippen LogP contribution is 2.41. The number of nitrogens with one attached hydrogen (secondary N) is 1. The molecule has 1 aliphatic carbocycles. The van der Waals surface area contributed by atoms with Crippen molar-refractivity contribution >= 4 is 39.8 Å². The lowest BCUT2D eigenvalue weighted by molar-refractivity contribution is 0.349. The summed E-state index contributed by atoms with van der Waals surface area (Å²) >= 11 is 1.65. The van der Waals surface area contributed by atoms with Gasteiger partial charge in [-0.2, -0.15) is 0 Å². The summed E-state index contributed by atoms with van der Waals surface area (Å²) in [7, 11) is -2.93. The van der Waals surface area contributed by atoms with E-state index in [1.165, 1.54) is 31.7 Å². The molecule has 0 aliphatic heterocycles. The van der Waals surface area contributed by atoms with Gasteiger partial charge in [-0.25, -0.2) is 4.98 Å². The van der Waals surface area contributed by atoms with E-state index in [1.54, 1.807) is 24.5 Å². The SMILES string of the molecule is COc1ccc(-c2cccc3nc(N[C@H]4CCCC[C@@H]4C)sc23)cc1-c1ccc(P(=O)(O)O)o1. The van der Waals surface area contributed by atoms with Crippen LogP contribution in [0.4, 0.5) is 5.13 Å². The lowest BCUT2D eigenvalue weighted by atomic mass is 9.86. The molecule has 1 fully saturated rings. The Morgan fingerprint density at radius 2 is 1.94 bits per heavy atom. The molecule has 2 aromatic heterocycles. The predicted octanol–water partition coefficient (Wildman–Crippen LogP) is 6.03. The summed E-state index contributed by atoms with van der Waals surface area (Å²) in [6.45, 7) is 2.31. The minimum Gasteiger partial charge on any atom is -0.496 e. The van der Waals surface area contributed by atoms with E-state index in [1.807, 2.05) is 30.3 Å².